The van der Waals surface area contributed by atoms with Crippen molar-refractivity contribution in [3.63, 3.8) is 0 Å². The van der Waals surface area contributed by atoms with Crippen LogP contribution >= 0.6 is 0 Å². The van der Waals surface area contributed by atoms with E-state index >= 15 is 0 Å². The molecule has 35 heavy (non-hydrogen) atoms. The Labute approximate surface area is 202 Å². The number of rotatable bonds is 6. The molecule has 3 amide bonds. The molecule has 1 aliphatic carbocycles. The number of aromatic nitrogens is 1. The van der Waals surface area contributed by atoms with Gasteiger partial charge in [-0.15, -0.1) is 0 Å². The number of nitrogens with zero attached hydrogens (tertiary/aromatic N) is 2. The van der Waals surface area contributed by atoms with Gasteiger partial charge in [0.15, 0.2) is 0 Å². The summed E-state index contributed by atoms with van der Waals surface area (Å²) in [6, 6.07) is 5.32. The number of piperidine rings is 1. The quantitative estimate of drug-likeness (QED) is 0.618. The van der Waals surface area contributed by atoms with Crippen LogP contribution in [0.5, 0.6) is 0 Å². The number of imide groups is 1. The van der Waals surface area contributed by atoms with Gasteiger partial charge in [-0.1, -0.05) is 25.0 Å². The third kappa shape index (κ3) is 4.82. The van der Waals surface area contributed by atoms with Gasteiger partial charge in [0, 0.05) is 36.7 Å². The summed E-state index contributed by atoms with van der Waals surface area (Å²) in [5, 5.41) is 5.69. The Hall–Kier alpha value is -3.20. The zero-order valence-corrected chi connectivity index (χ0v) is 19.4. The van der Waals surface area contributed by atoms with Gasteiger partial charge >= 0.3 is 0 Å². The molecule has 3 heterocycles. The number of halogens is 2. The molecule has 2 N–H and O–H groups in total. The number of hydrogen-bond donors (Lipinski definition) is 2. The second kappa shape index (κ2) is 9.81. The van der Waals surface area contributed by atoms with Crippen LogP contribution in [-0.2, 0) is 29.1 Å². The molecule has 184 valence electrons. The third-order valence-corrected chi connectivity index (χ3v) is 7.49. The van der Waals surface area contributed by atoms with Gasteiger partial charge in [0.1, 0.15) is 17.7 Å². The molecule has 3 atom stereocenters. The Morgan fingerprint density at radius 1 is 1.06 bits per heavy atom. The van der Waals surface area contributed by atoms with E-state index in [2.05, 4.69) is 15.6 Å². The van der Waals surface area contributed by atoms with Crippen LogP contribution in [0.25, 0.3) is 0 Å². The van der Waals surface area contributed by atoms with Gasteiger partial charge in [0.25, 0.3) is 5.91 Å². The maximum Gasteiger partial charge on any atom is 0.255 e. The molecule has 2 fully saturated rings. The predicted octanol–water partition coefficient (Wildman–Crippen LogP) is 3.01. The highest BCUT2D eigenvalue weighted by atomic mass is 19.1. The first kappa shape index (κ1) is 23.5. The van der Waals surface area contributed by atoms with E-state index in [1.165, 1.54) is 0 Å². The number of fused-ring (bicyclic) bond motifs is 1. The summed E-state index contributed by atoms with van der Waals surface area (Å²) in [5.74, 6) is -1.89. The Kier molecular flexibility index (Phi) is 6.60. The Morgan fingerprint density at radius 3 is 2.60 bits per heavy atom. The third-order valence-electron chi connectivity index (χ3n) is 7.49. The van der Waals surface area contributed by atoms with Gasteiger partial charge < -0.3 is 10.2 Å². The maximum absolute atomic E-state index is 14.0. The fraction of sp³-hybridized carbons (Fsp3) is 0.462. The van der Waals surface area contributed by atoms with Gasteiger partial charge in [-0.3, -0.25) is 24.7 Å². The van der Waals surface area contributed by atoms with Crippen LogP contribution in [0.15, 0.2) is 30.6 Å². The van der Waals surface area contributed by atoms with Crippen molar-refractivity contribution in [1.29, 1.82) is 0 Å². The van der Waals surface area contributed by atoms with Gasteiger partial charge in [0.2, 0.25) is 11.8 Å². The summed E-state index contributed by atoms with van der Waals surface area (Å²) in [6.45, 7) is 0.460. The van der Waals surface area contributed by atoms with E-state index in [1.54, 1.807) is 4.90 Å². The fourth-order valence-electron chi connectivity index (χ4n) is 5.62. The summed E-state index contributed by atoms with van der Waals surface area (Å²) in [5.41, 5.74) is 2.59. The van der Waals surface area contributed by atoms with E-state index < -0.39 is 23.6 Å². The Morgan fingerprint density at radius 2 is 1.83 bits per heavy atom. The zero-order valence-electron chi connectivity index (χ0n) is 19.4. The Balaban J connectivity index is 1.26. The van der Waals surface area contributed by atoms with Crippen LogP contribution in [0.2, 0.25) is 0 Å². The van der Waals surface area contributed by atoms with Crippen molar-refractivity contribution < 1.29 is 23.2 Å². The highest BCUT2D eigenvalue weighted by Crippen LogP contribution is 2.32. The van der Waals surface area contributed by atoms with Crippen molar-refractivity contribution in [1.82, 2.24) is 20.5 Å². The topological polar surface area (TPSA) is 91.4 Å². The van der Waals surface area contributed by atoms with Crippen LogP contribution in [0.4, 0.5) is 8.78 Å². The molecule has 0 radical (unpaired) electrons. The molecule has 1 unspecified atom stereocenters. The average Bonchev–Trinajstić information content (AvgIpc) is 3.15. The first-order valence-electron chi connectivity index (χ1n) is 12.2. The summed E-state index contributed by atoms with van der Waals surface area (Å²) in [4.78, 5) is 41.8. The molecule has 1 aromatic heterocycles. The van der Waals surface area contributed by atoms with Gasteiger partial charge in [-0.2, -0.15) is 0 Å². The molecule has 7 nitrogen and oxygen atoms in total. The SMILES string of the molecule is O=C1CCC(N2Cc3cc(C[C@H]4CCCC[C@@H]4NCc4c(F)cncc4F)ccc3C2=O)C(=O)N1. The van der Waals surface area contributed by atoms with Crippen molar-refractivity contribution in [3.05, 3.63) is 64.5 Å². The predicted molar refractivity (Wildman–Crippen MR) is 123 cm³/mol. The van der Waals surface area contributed by atoms with E-state index in [-0.39, 0.29) is 36.4 Å². The molecular weight excluding hydrogens is 454 g/mol. The number of hydrogen-bond acceptors (Lipinski definition) is 5. The highest BCUT2D eigenvalue weighted by Gasteiger charge is 2.39. The van der Waals surface area contributed by atoms with E-state index in [4.69, 9.17) is 0 Å². The van der Waals surface area contributed by atoms with Crippen molar-refractivity contribution in [2.24, 2.45) is 5.92 Å². The molecule has 0 spiro atoms. The fourth-order valence-corrected chi connectivity index (χ4v) is 5.62. The van der Waals surface area contributed by atoms with Crippen LogP contribution in [0.3, 0.4) is 0 Å². The smallest absolute Gasteiger partial charge is 0.255 e. The average molecular weight is 483 g/mol. The van der Waals surface area contributed by atoms with Crippen molar-refractivity contribution >= 4 is 17.7 Å². The lowest BCUT2D eigenvalue weighted by Gasteiger charge is -2.33. The minimum Gasteiger partial charge on any atom is -0.322 e. The number of nitrogens with one attached hydrogen (secondary N) is 2. The number of amides is 3. The van der Waals surface area contributed by atoms with Gasteiger partial charge in [-0.25, -0.2) is 8.78 Å². The lowest BCUT2D eigenvalue weighted by Crippen LogP contribution is -2.52. The maximum atomic E-state index is 14.0. The lowest BCUT2D eigenvalue weighted by molar-refractivity contribution is -0.136. The van der Waals surface area contributed by atoms with E-state index in [0.29, 0.717) is 24.4 Å². The summed E-state index contributed by atoms with van der Waals surface area (Å²) >= 11 is 0. The molecule has 2 aromatic rings. The zero-order chi connectivity index (χ0) is 24.5. The summed E-state index contributed by atoms with van der Waals surface area (Å²) < 4.78 is 28.0. The first-order chi connectivity index (χ1) is 16.9. The van der Waals surface area contributed by atoms with E-state index in [9.17, 15) is 23.2 Å². The molecular formula is C26H28F2N4O3. The van der Waals surface area contributed by atoms with Crippen LogP contribution in [0, 0.1) is 17.6 Å². The van der Waals surface area contributed by atoms with Gasteiger partial charge in [-0.05, 0) is 48.8 Å². The second-order valence-corrected chi connectivity index (χ2v) is 9.71. The molecule has 5 rings (SSSR count). The normalized spacial score (nSPS) is 24.5. The van der Waals surface area contributed by atoms with E-state index in [0.717, 1.165) is 55.6 Å². The second-order valence-electron chi connectivity index (χ2n) is 9.71. The molecule has 2 aliphatic heterocycles. The first-order valence-corrected chi connectivity index (χ1v) is 12.2. The Bertz CT molecular complexity index is 1150. The number of benzene rings is 1. The molecule has 1 saturated heterocycles. The summed E-state index contributed by atoms with van der Waals surface area (Å²) in [7, 11) is 0. The largest absolute Gasteiger partial charge is 0.322 e. The molecule has 0 bridgehead atoms. The minimum atomic E-state index is -0.645. The monoisotopic (exact) mass is 482 g/mol. The number of carbonyl (C=O) groups is 3. The number of carbonyl (C=O) groups excluding carboxylic acids is 3. The number of pyridine rings is 1. The summed E-state index contributed by atoms with van der Waals surface area (Å²) in [6.07, 6.45) is 7.53. The van der Waals surface area contributed by atoms with Crippen LogP contribution in [-0.4, -0.2) is 39.7 Å². The molecule has 1 saturated carbocycles. The standard InChI is InChI=1S/C26H28F2N4O3/c27-20-12-29-13-21(28)19(20)11-30-22-4-2-1-3-16(22)9-15-5-6-18-17(10-15)14-32(26(18)35)23-7-8-24(33)31-25(23)34/h5-6,10,12-13,16,22-23,30H,1-4,7-9,11,14H2,(H,31,33,34)/t16-,22+,23?/m1/s1. The van der Waals surface area contributed by atoms with Crippen molar-refractivity contribution in [3.8, 4) is 0 Å². The van der Waals surface area contributed by atoms with Crippen molar-refractivity contribution in [2.45, 2.75) is 70.1 Å². The molecule has 1 aromatic carbocycles. The minimum absolute atomic E-state index is 0.00825. The van der Waals surface area contributed by atoms with Crippen LogP contribution in [0.1, 0.15) is 65.6 Å². The van der Waals surface area contributed by atoms with Crippen LogP contribution < -0.4 is 10.6 Å². The molecule has 3 aliphatic rings. The lowest BCUT2D eigenvalue weighted by atomic mass is 9.80. The van der Waals surface area contributed by atoms with Crippen molar-refractivity contribution in [2.75, 3.05) is 0 Å². The molecule has 9 heteroatoms. The van der Waals surface area contributed by atoms with Gasteiger partial charge in [0.05, 0.1) is 12.4 Å². The van der Waals surface area contributed by atoms with E-state index in [1.807, 2.05) is 18.2 Å². The highest BCUT2D eigenvalue weighted by molar-refractivity contribution is 6.05.